The minimum absolute atomic E-state index is 0.0579. The highest BCUT2D eigenvalue weighted by Crippen LogP contribution is 2.24. The van der Waals surface area contributed by atoms with Gasteiger partial charge < -0.3 is 9.73 Å². The number of aromatic nitrogens is 2. The molecule has 2 aromatic heterocycles. The molecule has 0 saturated carbocycles. The molecule has 0 aromatic carbocycles. The molecule has 6 heteroatoms. The number of nitrogens with one attached hydrogen (secondary N) is 1. The second kappa shape index (κ2) is 5.97. The van der Waals surface area contributed by atoms with Gasteiger partial charge in [0.2, 0.25) is 5.91 Å². The van der Waals surface area contributed by atoms with Gasteiger partial charge in [0, 0.05) is 23.6 Å². The molecule has 0 atom stereocenters. The average molecular weight is 307 g/mol. The quantitative estimate of drug-likeness (QED) is 0.936. The van der Waals surface area contributed by atoms with E-state index in [4.69, 9.17) is 4.42 Å². The van der Waals surface area contributed by atoms with Gasteiger partial charge in [-0.25, -0.2) is 9.97 Å². The maximum atomic E-state index is 11.9. The molecular formula is C15H21N3O2S. The molecule has 1 N–H and O–H groups in total. The Morgan fingerprint density at radius 3 is 2.57 bits per heavy atom. The zero-order valence-corrected chi connectivity index (χ0v) is 13.9. The van der Waals surface area contributed by atoms with Crippen LogP contribution in [0.4, 0.5) is 5.13 Å². The van der Waals surface area contributed by atoms with Gasteiger partial charge in [0.05, 0.1) is 11.4 Å². The molecule has 0 spiro atoms. The summed E-state index contributed by atoms with van der Waals surface area (Å²) in [4.78, 5) is 20.6. The maximum Gasteiger partial charge on any atom is 0.226 e. The highest BCUT2D eigenvalue weighted by atomic mass is 32.1. The van der Waals surface area contributed by atoms with Crippen LogP contribution in [-0.4, -0.2) is 15.9 Å². The predicted octanol–water partition coefficient (Wildman–Crippen LogP) is 3.62. The first-order valence-electron chi connectivity index (χ1n) is 6.94. The van der Waals surface area contributed by atoms with Crippen molar-refractivity contribution in [3.05, 3.63) is 28.4 Å². The maximum absolute atomic E-state index is 11.9. The number of oxazole rings is 1. The molecule has 2 rings (SSSR count). The first-order valence-corrected chi connectivity index (χ1v) is 7.82. The van der Waals surface area contributed by atoms with E-state index in [9.17, 15) is 4.79 Å². The Balaban J connectivity index is 1.94. The Bertz CT molecular complexity index is 638. The molecule has 21 heavy (non-hydrogen) atoms. The van der Waals surface area contributed by atoms with Crippen LogP contribution in [-0.2, 0) is 16.6 Å². The lowest BCUT2D eigenvalue weighted by Crippen LogP contribution is -2.12. The first kappa shape index (κ1) is 15.7. The van der Waals surface area contributed by atoms with Crippen LogP contribution < -0.4 is 5.32 Å². The molecule has 0 aliphatic rings. The normalized spacial score (nSPS) is 11.7. The monoisotopic (exact) mass is 307 g/mol. The van der Waals surface area contributed by atoms with Crippen molar-refractivity contribution in [3.8, 4) is 0 Å². The molecule has 5 nitrogen and oxygen atoms in total. The number of amides is 1. The standard InChI is InChI=1S/C15H21N3O2S/c1-9-8-21-14(16-9)18-12(19)7-6-11-10(2)17-13(20-11)15(3,4)5/h8H,6-7H2,1-5H3,(H,16,18,19). The summed E-state index contributed by atoms with van der Waals surface area (Å²) in [6, 6.07) is 0. The van der Waals surface area contributed by atoms with E-state index in [2.05, 4.69) is 36.1 Å². The van der Waals surface area contributed by atoms with Crippen LogP contribution >= 0.6 is 11.3 Å². The largest absolute Gasteiger partial charge is 0.445 e. The Kier molecular flexibility index (Phi) is 4.46. The molecule has 0 fully saturated rings. The van der Waals surface area contributed by atoms with Crippen LogP contribution in [0, 0.1) is 13.8 Å². The van der Waals surface area contributed by atoms with Crippen molar-refractivity contribution >= 4 is 22.4 Å². The fourth-order valence-corrected chi connectivity index (χ4v) is 2.51. The summed E-state index contributed by atoms with van der Waals surface area (Å²) >= 11 is 1.43. The second-order valence-corrected chi connectivity index (χ2v) is 6.98. The minimum Gasteiger partial charge on any atom is -0.445 e. The summed E-state index contributed by atoms with van der Waals surface area (Å²) in [5, 5.41) is 5.35. The smallest absolute Gasteiger partial charge is 0.226 e. The van der Waals surface area contributed by atoms with Crippen molar-refractivity contribution in [1.82, 2.24) is 9.97 Å². The molecule has 2 aromatic rings. The van der Waals surface area contributed by atoms with E-state index in [0.29, 0.717) is 23.9 Å². The van der Waals surface area contributed by atoms with Gasteiger partial charge in [-0.1, -0.05) is 20.8 Å². The van der Waals surface area contributed by atoms with Crippen molar-refractivity contribution in [3.63, 3.8) is 0 Å². The molecule has 0 saturated heterocycles. The number of anilines is 1. The average Bonchev–Trinajstić information content (AvgIpc) is 2.93. The molecule has 0 bridgehead atoms. The van der Waals surface area contributed by atoms with Crippen molar-refractivity contribution in [2.75, 3.05) is 5.32 Å². The van der Waals surface area contributed by atoms with Crippen LogP contribution in [0.25, 0.3) is 0 Å². The van der Waals surface area contributed by atoms with E-state index in [1.165, 1.54) is 11.3 Å². The number of nitrogens with zero attached hydrogens (tertiary/aromatic N) is 2. The molecular weight excluding hydrogens is 286 g/mol. The summed E-state index contributed by atoms with van der Waals surface area (Å²) in [7, 11) is 0. The molecule has 1 amide bonds. The van der Waals surface area contributed by atoms with E-state index in [-0.39, 0.29) is 11.3 Å². The SMILES string of the molecule is Cc1csc(NC(=O)CCc2oc(C(C)(C)C)nc2C)n1. The van der Waals surface area contributed by atoms with Crippen LogP contribution in [0.5, 0.6) is 0 Å². The van der Waals surface area contributed by atoms with Crippen LogP contribution in [0.2, 0.25) is 0 Å². The Morgan fingerprint density at radius 2 is 2.05 bits per heavy atom. The lowest BCUT2D eigenvalue weighted by molar-refractivity contribution is -0.116. The summed E-state index contributed by atoms with van der Waals surface area (Å²) < 4.78 is 5.78. The van der Waals surface area contributed by atoms with E-state index >= 15 is 0 Å². The van der Waals surface area contributed by atoms with Gasteiger partial charge in [-0.05, 0) is 13.8 Å². The van der Waals surface area contributed by atoms with Crippen molar-refractivity contribution in [2.24, 2.45) is 0 Å². The fourth-order valence-electron chi connectivity index (χ4n) is 1.80. The highest BCUT2D eigenvalue weighted by molar-refractivity contribution is 7.13. The van der Waals surface area contributed by atoms with Gasteiger partial charge >= 0.3 is 0 Å². The third-order valence-corrected chi connectivity index (χ3v) is 3.85. The van der Waals surface area contributed by atoms with Crippen molar-refractivity contribution in [1.29, 1.82) is 0 Å². The summed E-state index contributed by atoms with van der Waals surface area (Å²) in [6.07, 6.45) is 0.906. The van der Waals surface area contributed by atoms with Crippen LogP contribution in [0.3, 0.4) is 0 Å². The third-order valence-electron chi connectivity index (χ3n) is 2.98. The molecule has 114 valence electrons. The first-order chi connectivity index (χ1) is 9.75. The number of aryl methyl sites for hydroxylation is 3. The Labute approximate surface area is 128 Å². The van der Waals surface area contributed by atoms with Gasteiger partial charge in [-0.2, -0.15) is 0 Å². The molecule has 2 heterocycles. The van der Waals surface area contributed by atoms with Gasteiger partial charge in [0.25, 0.3) is 0 Å². The van der Waals surface area contributed by atoms with Crippen molar-refractivity contribution in [2.45, 2.75) is 52.9 Å². The van der Waals surface area contributed by atoms with Crippen LogP contribution in [0.1, 0.15) is 50.2 Å². The number of carbonyl (C=O) groups excluding carboxylic acids is 1. The zero-order chi connectivity index (χ0) is 15.6. The molecule has 0 aliphatic heterocycles. The lowest BCUT2D eigenvalue weighted by atomic mass is 9.97. The highest BCUT2D eigenvalue weighted by Gasteiger charge is 2.22. The molecule has 0 unspecified atom stereocenters. The van der Waals surface area contributed by atoms with Gasteiger partial charge in [-0.3, -0.25) is 4.79 Å². The van der Waals surface area contributed by atoms with E-state index in [1.807, 2.05) is 19.2 Å². The fraction of sp³-hybridized carbons (Fsp3) is 0.533. The number of thiazole rings is 1. The summed E-state index contributed by atoms with van der Waals surface area (Å²) in [5.74, 6) is 1.44. The lowest BCUT2D eigenvalue weighted by Gasteiger charge is -2.12. The van der Waals surface area contributed by atoms with Crippen molar-refractivity contribution < 1.29 is 9.21 Å². The number of hydrogen-bond donors (Lipinski definition) is 1. The summed E-state index contributed by atoms with van der Waals surface area (Å²) in [5.41, 5.74) is 1.65. The Morgan fingerprint density at radius 1 is 1.33 bits per heavy atom. The molecule has 0 aliphatic carbocycles. The van der Waals surface area contributed by atoms with Crippen LogP contribution in [0.15, 0.2) is 9.80 Å². The van der Waals surface area contributed by atoms with Gasteiger partial charge in [0.1, 0.15) is 5.76 Å². The third kappa shape index (κ3) is 4.14. The Hall–Kier alpha value is -1.69. The number of hydrogen-bond acceptors (Lipinski definition) is 5. The summed E-state index contributed by atoms with van der Waals surface area (Å²) in [6.45, 7) is 9.98. The van der Waals surface area contributed by atoms with E-state index in [0.717, 1.165) is 17.1 Å². The minimum atomic E-state index is -0.121. The second-order valence-electron chi connectivity index (χ2n) is 6.12. The predicted molar refractivity (Wildman–Crippen MR) is 83.7 cm³/mol. The zero-order valence-electron chi connectivity index (χ0n) is 13.1. The number of carbonyl (C=O) groups is 1. The van der Waals surface area contributed by atoms with Gasteiger partial charge in [0.15, 0.2) is 11.0 Å². The number of rotatable bonds is 4. The van der Waals surface area contributed by atoms with E-state index in [1.54, 1.807) is 0 Å². The topological polar surface area (TPSA) is 68.0 Å². The van der Waals surface area contributed by atoms with E-state index < -0.39 is 0 Å². The van der Waals surface area contributed by atoms with Gasteiger partial charge in [-0.15, -0.1) is 11.3 Å². The molecule has 0 radical (unpaired) electrons.